The number of rotatable bonds is 8. The molecule has 0 saturated heterocycles. The summed E-state index contributed by atoms with van der Waals surface area (Å²) in [5, 5.41) is 11.5. The van der Waals surface area contributed by atoms with Gasteiger partial charge in [-0.3, -0.25) is 4.79 Å². The van der Waals surface area contributed by atoms with E-state index in [0.717, 1.165) is 0 Å². The van der Waals surface area contributed by atoms with E-state index in [1.807, 2.05) is 0 Å². The van der Waals surface area contributed by atoms with Crippen molar-refractivity contribution in [2.24, 2.45) is 0 Å². The third-order valence-electron chi connectivity index (χ3n) is 2.37. The van der Waals surface area contributed by atoms with Gasteiger partial charge in [-0.2, -0.15) is 4.57 Å². The first-order valence-electron chi connectivity index (χ1n) is 6.76. The van der Waals surface area contributed by atoms with Crippen molar-refractivity contribution in [3.05, 3.63) is 40.2 Å². The first-order chi connectivity index (χ1) is 10.9. The SMILES string of the molecule is C.CC(C)OC(=O)OC[n+]1cccc(C(=O)NCCO[N+](=O)[O-])c1. The molecule has 24 heavy (non-hydrogen) atoms. The van der Waals surface area contributed by atoms with Crippen molar-refractivity contribution >= 4 is 12.1 Å². The summed E-state index contributed by atoms with van der Waals surface area (Å²) in [7, 11) is 0. The van der Waals surface area contributed by atoms with Gasteiger partial charge in [-0.05, 0) is 19.9 Å². The Morgan fingerprint density at radius 3 is 2.75 bits per heavy atom. The predicted octanol–water partition coefficient (Wildman–Crippen LogP) is 1.07. The highest BCUT2D eigenvalue weighted by Crippen LogP contribution is 1.96. The van der Waals surface area contributed by atoms with Crippen LogP contribution >= 0.6 is 0 Å². The van der Waals surface area contributed by atoms with E-state index in [9.17, 15) is 19.7 Å². The molecule has 1 heterocycles. The van der Waals surface area contributed by atoms with Gasteiger partial charge in [0.05, 0.1) is 6.10 Å². The van der Waals surface area contributed by atoms with E-state index in [-0.39, 0.29) is 33.4 Å². The van der Waals surface area contributed by atoms with Crippen molar-refractivity contribution in [3.63, 3.8) is 0 Å². The fraction of sp³-hybridized carbons (Fsp3) is 0.500. The average molecular weight is 344 g/mol. The van der Waals surface area contributed by atoms with E-state index in [4.69, 9.17) is 9.47 Å². The first kappa shape index (κ1) is 21.1. The standard InChI is InChI=1S/C13H17N3O7.CH4/c1-10(2)23-13(18)21-9-15-6-3-4-11(8-15)12(17)14-5-7-22-16(19)20;/h3-4,6,8,10H,5,7,9H2,1-2H3;1H4/p+1. The minimum Gasteiger partial charge on any atom is -0.431 e. The highest BCUT2D eigenvalue weighted by atomic mass is 16.9. The zero-order valence-electron chi connectivity index (χ0n) is 12.8. The number of carbonyl (C=O) groups excluding carboxylic acids is 2. The van der Waals surface area contributed by atoms with Gasteiger partial charge in [0.1, 0.15) is 12.2 Å². The highest BCUT2D eigenvalue weighted by molar-refractivity contribution is 5.93. The quantitative estimate of drug-likeness (QED) is 0.246. The van der Waals surface area contributed by atoms with Crippen LogP contribution < -0.4 is 9.88 Å². The van der Waals surface area contributed by atoms with E-state index >= 15 is 0 Å². The van der Waals surface area contributed by atoms with Crippen LogP contribution in [0.5, 0.6) is 0 Å². The van der Waals surface area contributed by atoms with Gasteiger partial charge in [-0.25, -0.2) is 4.79 Å². The molecule has 1 amide bonds. The van der Waals surface area contributed by atoms with Crippen LogP contribution in [-0.4, -0.2) is 36.4 Å². The topological polar surface area (TPSA) is 121 Å². The lowest BCUT2D eigenvalue weighted by Gasteiger charge is -2.07. The second kappa shape index (κ2) is 10.8. The zero-order chi connectivity index (χ0) is 17.2. The van der Waals surface area contributed by atoms with Crippen LogP contribution in [0.3, 0.4) is 0 Å². The van der Waals surface area contributed by atoms with Crippen molar-refractivity contribution in [1.29, 1.82) is 0 Å². The molecule has 1 N–H and O–H groups in total. The lowest BCUT2D eigenvalue weighted by molar-refractivity contribution is -0.757. The van der Waals surface area contributed by atoms with E-state index < -0.39 is 17.1 Å². The van der Waals surface area contributed by atoms with Gasteiger partial charge in [0.2, 0.25) is 0 Å². The smallest absolute Gasteiger partial charge is 0.431 e. The van der Waals surface area contributed by atoms with Crippen LogP contribution in [0.15, 0.2) is 24.5 Å². The molecule has 1 aromatic rings. The molecule has 0 bridgehead atoms. The molecule has 0 aliphatic heterocycles. The molecule has 0 fully saturated rings. The number of hydrogen-bond donors (Lipinski definition) is 1. The predicted molar refractivity (Wildman–Crippen MR) is 81.3 cm³/mol. The number of aromatic nitrogens is 1. The summed E-state index contributed by atoms with van der Waals surface area (Å²) in [6.07, 6.45) is 1.98. The molecule has 0 saturated carbocycles. The largest absolute Gasteiger partial charge is 0.513 e. The Labute approximate surface area is 139 Å². The van der Waals surface area contributed by atoms with E-state index in [0.29, 0.717) is 5.56 Å². The number of carbonyl (C=O) groups is 2. The Hall–Kier alpha value is -2.91. The van der Waals surface area contributed by atoms with Crippen LogP contribution in [0, 0.1) is 10.1 Å². The fourth-order valence-corrected chi connectivity index (χ4v) is 1.48. The zero-order valence-corrected chi connectivity index (χ0v) is 12.8. The van der Waals surface area contributed by atoms with Crippen LogP contribution in [0.2, 0.25) is 0 Å². The number of amides is 1. The summed E-state index contributed by atoms with van der Waals surface area (Å²) in [5.74, 6) is -0.434. The summed E-state index contributed by atoms with van der Waals surface area (Å²) in [4.78, 5) is 37.2. The Balaban J connectivity index is 0.00000529. The highest BCUT2D eigenvalue weighted by Gasteiger charge is 2.13. The van der Waals surface area contributed by atoms with E-state index in [1.165, 1.54) is 10.8 Å². The maximum absolute atomic E-state index is 11.8. The summed E-state index contributed by atoms with van der Waals surface area (Å²) >= 11 is 0. The molecule has 10 nitrogen and oxygen atoms in total. The number of nitrogens with one attached hydrogen (secondary N) is 1. The Bertz CT molecular complexity index is 563. The van der Waals surface area contributed by atoms with Crippen LogP contribution in [0.1, 0.15) is 31.6 Å². The molecule has 0 aliphatic rings. The number of ether oxygens (including phenoxy) is 2. The van der Waals surface area contributed by atoms with Crippen LogP contribution in [0.25, 0.3) is 0 Å². The van der Waals surface area contributed by atoms with Gasteiger partial charge in [0.15, 0.2) is 12.4 Å². The second-order valence-electron chi connectivity index (χ2n) is 4.61. The van der Waals surface area contributed by atoms with Gasteiger partial charge in [-0.15, -0.1) is 10.1 Å². The third kappa shape index (κ3) is 8.51. The minimum atomic E-state index is -0.934. The molecule has 134 valence electrons. The molecule has 0 radical (unpaired) electrons. The maximum Gasteiger partial charge on any atom is 0.513 e. The van der Waals surface area contributed by atoms with Crippen molar-refractivity contribution in [3.8, 4) is 0 Å². The summed E-state index contributed by atoms with van der Waals surface area (Å²) in [6, 6.07) is 3.15. The summed E-state index contributed by atoms with van der Waals surface area (Å²) < 4.78 is 11.2. The summed E-state index contributed by atoms with van der Waals surface area (Å²) in [6.45, 7) is 3.03. The first-order valence-corrected chi connectivity index (χ1v) is 6.76. The van der Waals surface area contributed by atoms with Gasteiger partial charge >= 0.3 is 6.16 Å². The molecule has 0 spiro atoms. The van der Waals surface area contributed by atoms with Gasteiger partial charge in [-0.1, -0.05) is 7.43 Å². The molecule has 0 atom stereocenters. The maximum atomic E-state index is 11.8. The Morgan fingerprint density at radius 1 is 1.42 bits per heavy atom. The number of pyridine rings is 1. The number of nitrogens with zero attached hydrogens (tertiary/aromatic N) is 2. The molecule has 1 aromatic heterocycles. The molecule has 0 aliphatic carbocycles. The monoisotopic (exact) mass is 344 g/mol. The molecular formula is C14H22N3O7+. The van der Waals surface area contributed by atoms with Crippen molar-refractivity contribution in [2.75, 3.05) is 13.2 Å². The Morgan fingerprint density at radius 2 is 2.12 bits per heavy atom. The fourth-order valence-electron chi connectivity index (χ4n) is 1.48. The molecule has 0 aromatic carbocycles. The van der Waals surface area contributed by atoms with E-state index in [2.05, 4.69) is 10.2 Å². The average Bonchev–Trinajstić information content (AvgIpc) is 2.49. The van der Waals surface area contributed by atoms with Gasteiger partial charge < -0.3 is 19.6 Å². The van der Waals surface area contributed by atoms with Crippen molar-refractivity contribution in [2.45, 2.75) is 34.1 Å². The Kier molecular flexibility index (Phi) is 9.45. The van der Waals surface area contributed by atoms with Crippen LogP contribution in [-0.2, 0) is 21.0 Å². The lowest BCUT2D eigenvalue weighted by atomic mass is 10.2. The van der Waals surface area contributed by atoms with Gasteiger partial charge in [0, 0.05) is 12.6 Å². The molecule has 10 heteroatoms. The van der Waals surface area contributed by atoms with E-state index in [1.54, 1.807) is 32.2 Å². The summed E-state index contributed by atoms with van der Waals surface area (Å²) in [5.41, 5.74) is 0.300. The third-order valence-corrected chi connectivity index (χ3v) is 2.37. The minimum absolute atomic E-state index is 0. The number of hydrogen-bond acceptors (Lipinski definition) is 7. The van der Waals surface area contributed by atoms with Crippen LogP contribution in [0.4, 0.5) is 4.79 Å². The molecule has 0 unspecified atom stereocenters. The molecular weight excluding hydrogens is 322 g/mol. The normalized spacial score (nSPS) is 9.62. The molecule has 1 rings (SSSR count). The van der Waals surface area contributed by atoms with Gasteiger partial charge in [0.25, 0.3) is 17.7 Å². The van der Waals surface area contributed by atoms with Crippen molar-refractivity contribution in [1.82, 2.24) is 5.32 Å². The lowest BCUT2D eigenvalue weighted by Crippen LogP contribution is -2.38. The van der Waals surface area contributed by atoms with Crippen molar-refractivity contribution < 1.29 is 33.6 Å². The second-order valence-corrected chi connectivity index (χ2v) is 4.61.